The molecule has 0 fully saturated rings. The molecule has 26 heavy (non-hydrogen) atoms. The predicted octanol–water partition coefficient (Wildman–Crippen LogP) is 4.18. The Morgan fingerprint density at radius 1 is 1.08 bits per heavy atom. The van der Waals surface area contributed by atoms with E-state index in [0.29, 0.717) is 35.5 Å². The van der Waals surface area contributed by atoms with Crippen LogP contribution >= 0.6 is 0 Å². The zero-order chi connectivity index (χ0) is 18.5. The third-order valence-corrected chi connectivity index (χ3v) is 3.96. The molecule has 0 amide bonds. The van der Waals surface area contributed by atoms with Crippen molar-refractivity contribution in [2.24, 2.45) is 0 Å². The van der Waals surface area contributed by atoms with Gasteiger partial charge in [0.05, 0.1) is 12.0 Å². The SMILES string of the molecule is CCOC(=O)[C@@H](CC)Oc1ccc2c(=O)cc(-c3ccccc3)oc2c1. The summed E-state index contributed by atoms with van der Waals surface area (Å²) >= 11 is 0. The number of fused-ring (bicyclic) bond motifs is 1. The minimum atomic E-state index is -0.698. The summed E-state index contributed by atoms with van der Waals surface area (Å²) in [6, 6.07) is 15.8. The van der Waals surface area contributed by atoms with E-state index in [1.54, 1.807) is 25.1 Å². The molecule has 1 heterocycles. The fourth-order valence-corrected chi connectivity index (χ4v) is 2.65. The summed E-state index contributed by atoms with van der Waals surface area (Å²) in [4.78, 5) is 24.3. The van der Waals surface area contributed by atoms with Gasteiger partial charge >= 0.3 is 5.97 Å². The number of carbonyl (C=O) groups is 1. The molecule has 0 aliphatic carbocycles. The summed E-state index contributed by atoms with van der Waals surface area (Å²) in [5.74, 6) is 0.526. The molecule has 0 spiro atoms. The van der Waals surface area contributed by atoms with Gasteiger partial charge in [0.2, 0.25) is 0 Å². The smallest absolute Gasteiger partial charge is 0.347 e. The van der Waals surface area contributed by atoms with Crippen LogP contribution in [0.15, 0.2) is 63.8 Å². The van der Waals surface area contributed by atoms with Gasteiger partial charge in [0.1, 0.15) is 17.1 Å². The number of ether oxygens (including phenoxy) is 2. The lowest BCUT2D eigenvalue weighted by Gasteiger charge is -2.16. The van der Waals surface area contributed by atoms with Crippen molar-refractivity contribution in [2.45, 2.75) is 26.4 Å². The summed E-state index contributed by atoms with van der Waals surface area (Å²) in [6.45, 7) is 3.89. The van der Waals surface area contributed by atoms with Crippen LogP contribution in [0.5, 0.6) is 5.75 Å². The third-order valence-electron chi connectivity index (χ3n) is 3.96. The Morgan fingerprint density at radius 3 is 2.54 bits per heavy atom. The first-order valence-electron chi connectivity index (χ1n) is 8.59. The van der Waals surface area contributed by atoms with Gasteiger partial charge in [-0.3, -0.25) is 4.79 Å². The van der Waals surface area contributed by atoms with E-state index >= 15 is 0 Å². The monoisotopic (exact) mass is 352 g/mol. The highest BCUT2D eigenvalue weighted by Gasteiger charge is 2.20. The van der Waals surface area contributed by atoms with Crippen molar-refractivity contribution in [1.29, 1.82) is 0 Å². The number of carbonyl (C=O) groups excluding carboxylic acids is 1. The molecule has 1 aromatic heterocycles. The molecule has 3 rings (SSSR count). The lowest BCUT2D eigenvalue weighted by Crippen LogP contribution is -2.28. The van der Waals surface area contributed by atoms with E-state index in [4.69, 9.17) is 13.9 Å². The molecule has 0 aliphatic heterocycles. The van der Waals surface area contributed by atoms with E-state index in [0.717, 1.165) is 5.56 Å². The Kier molecular flexibility index (Phi) is 5.37. The maximum Gasteiger partial charge on any atom is 0.347 e. The van der Waals surface area contributed by atoms with Crippen molar-refractivity contribution in [3.63, 3.8) is 0 Å². The Hall–Kier alpha value is -3.08. The minimum Gasteiger partial charge on any atom is -0.479 e. The average Bonchev–Trinajstić information content (AvgIpc) is 2.66. The first kappa shape index (κ1) is 17.7. The first-order valence-corrected chi connectivity index (χ1v) is 8.59. The van der Waals surface area contributed by atoms with E-state index in [2.05, 4.69) is 0 Å². The molecule has 0 saturated heterocycles. The normalized spacial score (nSPS) is 11.9. The van der Waals surface area contributed by atoms with E-state index in [1.807, 2.05) is 37.3 Å². The van der Waals surface area contributed by atoms with Gasteiger partial charge in [0.15, 0.2) is 11.5 Å². The molecule has 0 bridgehead atoms. The van der Waals surface area contributed by atoms with Gasteiger partial charge in [0.25, 0.3) is 0 Å². The summed E-state index contributed by atoms with van der Waals surface area (Å²) < 4.78 is 16.6. The average molecular weight is 352 g/mol. The molecule has 2 aromatic carbocycles. The van der Waals surface area contributed by atoms with Crippen LogP contribution in [0.3, 0.4) is 0 Å². The van der Waals surface area contributed by atoms with Crippen molar-refractivity contribution in [1.82, 2.24) is 0 Å². The van der Waals surface area contributed by atoms with Crippen molar-refractivity contribution in [2.75, 3.05) is 6.61 Å². The largest absolute Gasteiger partial charge is 0.479 e. The minimum absolute atomic E-state index is 0.130. The fraction of sp³-hybridized carbons (Fsp3) is 0.238. The number of benzene rings is 2. The van der Waals surface area contributed by atoms with Crippen molar-refractivity contribution in [3.05, 3.63) is 64.8 Å². The highest BCUT2D eigenvalue weighted by molar-refractivity contribution is 5.80. The molecule has 0 unspecified atom stereocenters. The zero-order valence-corrected chi connectivity index (χ0v) is 14.7. The number of esters is 1. The highest BCUT2D eigenvalue weighted by atomic mass is 16.6. The number of rotatable bonds is 6. The summed E-state index contributed by atoms with van der Waals surface area (Å²) in [7, 11) is 0. The second kappa shape index (κ2) is 7.87. The van der Waals surface area contributed by atoms with Crippen LogP contribution in [-0.2, 0) is 9.53 Å². The van der Waals surface area contributed by atoms with Crippen LogP contribution in [0, 0.1) is 0 Å². The quantitative estimate of drug-likeness (QED) is 0.623. The van der Waals surface area contributed by atoms with E-state index in [1.165, 1.54) is 6.07 Å². The van der Waals surface area contributed by atoms with Crippen molar-refractivity contribution >= 4 is 16.9 Å². The molecule has 0 saturated carbocycles. The Balaban J connectivity index is 1.97. The van der Waals surface area contributed by atoms with Crippen LogP contribution < -0.4 is 10.2 Å². The first-order chi connectivity index (χ1) is 12.6. The maximum absolute atomic E-state index is 12.4. The Morgan fingerprint density at radius 2 is 1.85 bits per heavy atom. The van der Waals surface area contributed by atoms with E-state index < -0.39 is 12.1 Å². The fourth-order valence-electron chi connectivity index (χ4n) is 2.65. The van der Waals surface area contributed by atoms with Gasteiger partial charge in [-0.1, -0.05) is 37.3 Å². The molecular weight excluding hydrogens is 332 g/mol. The van der Waals surface area contributed by atoms with Gasteiger partial charge in [-0.25, -0.2) is 4.79 Å². The second-order valence-corrected chi connectivity index (χ2v) is 5.77. The molecule has 5 heteroatoms. The zero-order valence-electron chi connectivity index (χ0n) is 14.7. The summed E-state index contributed by atoms with van der Waals surface area (Å²) in [5.41, 5.74) is 1.09. The lowest BCUT2D eigenvalue weighted by atomic mass is 10.1. The van der Waals surface area contributed by atoms with E-state index in [-0.39, 0.29) is 5.43 Å². The predicted molar refractivity (Wildman–Crippen MR) is 99.3 cm³/mol. The van der Waals surface area contributed by atoms with Crippen LogP contribution in [0.25, 0.3) is 22.3 Å². The van der Waals surface area contributed by atoms with E-state index in [9.17, 15) is 9.59 Å². The van der Waals surface area contributed by atoms with Gasteiger partial charge in [0, 0.05) is 17.7 Å². The molecule has 0 N–H and O–H groups in total. The maximum atomic E-state index is 12.4. The number of hydrogen-bond acceptors (Lipinski definition) is 5. The summed E-state index contributed by atoms with van der Waals surface area (Å²) in [5, 5.41) is 0.459. The highest BCUT2D eigenvalue weighted by Crippen LogP contribution is 2.25. The van der Waals surface area contributed by atoms with Crippen molar-refractivity contribution < 1.29 is 18.7 Å². The third kappa shape index (κ3) is 3.77. The Labute approximate surface area is 151 Å². The van der Waals surface area contributed by atoms with Gasteiger partial charge < -0.3 is 13.9 Å². The second-order valence-electron chi connectivity index (χ2n) is 5.77. The topological polar surface area (TPSA) is 65.7 Å². The standard InChI is InChI=1S/C21H20O5/c1-3-18(21(23)24-4-2)25-15-10-11-16-17(22)13-19(26-20(16)12-15)14-8-6-5-7-9-14/h5-13,18H,3-4H2,1-2H3/t18-/m1/s1. The molecule has 1 atom stereocenters. The van der Waals surface area contributed by atoms with Gasteiger partial charge in [-0.05, 0) is 25.5 Å². The Bertz CT molecular complexity index is 959. The van der Waals surface area contributed by atoms with Crippen LogP contribution in [0.1, 0.15) is 20.3 Å². The van der Waals surface area contributed by atoms with Gasteiger partial charge in [-0.2, -0.15) is 0 Å². The van der Waals surface area contributed by atoms with Gasteiger partial charge in [-0.15, -0.1) is 0 Å². The molecule has 134 valence electrons. The molecule has 3 aromatic rings. The van der Waals surface area contributed by atoms with Crippen LogP contribution in [-0.4, -0.2) is 18.7 Å². The van der Waals surface area contributed by atoms with Crippen LogP contribution in [0.4, 0.5) is 0 Å². The molecule has 5 nitrogen and oxygen atoms in total. The number of hydrogen-bond donors (Lipinski definition) is 0. The molecule has 0 aliphatic rings. The summed E-state index contributed by atoms with van der Waals surface area (Å²) in [6.07, 6.45) is -0.221. The molecule has 0 radical (unpaired) electrons. The molecular formula is C21H20O5. The van der Waals surface area contributed by atoms with Crippen LogP contribution in [0.2, 0.25) is 0 Å². The lowest BCUT2D eigenvalue weighted by molar-refractivity contribution is -0.151. The van der Waals surface area contributed by atoms with Crippen molar-refractivity contribution in [3.8, 4) is 17.1 Å².